The fraction of sp³-hybridized carbons (Fsp3) is 0.300. The summed E-state index contributed by atoms with van der Waals surface area (Å²) in [4.78, 5) is 12.4. The molecular formula is C20H20N2O5. The number of hydrogen-bond donors (Lipinski definition) is 2. The molecule has 1 aliphatic rings. The van der Waals surface area contributed by atoms with Crippen LogP contribution in [0.5, 0.6) is 5.75 Å². The van der Waals surface area contributed by atoms with E-state index in [1.54, 1.807) is 19.2 Å². The summed E-state index contributed by atoms with van der Waals surface area (Å²) in [7, 11) is 1.62. The molecular weight excluding hydrogens is 348 g/mol. The molecule has 2 aromatic heterocycles. The third-order valence-corrected chi connectivity index (χ3v) is 4.90. The maximum atomic E-state index is 12.4. The Balaban J connectivity index is 1.48. The molecule has 7 nitrogen and oxygen atoms in total. The van der Waals surface area contributed by atoms with Crippen LogP contribution >= 0.6 is 0 Å². The van der Waals surface area contributed by atoms with Crippen molar-refractivity contribution >= 4 is 5.91 Å². The molecule has 1 amide bonds. The first-order chi connectivity index (χ1) is 13.1. The second-order valence-corrected chi connectivity index (χ2v) is 6.64. The molecule has 2 N–H and O–H groups in total. The van der Waals surface area contributed by atoms with E-state index in [9.17, 15) is 9.90 Å². The van der Waals surface area contributed by atoms with Crippen molar-refractivity contribution in [1.29, 1.82) is 0 Å². The van der Waals surface area contributed by atoms with Gasteiger partial charge in [0.2, 0.25) is 5.76 Å². The van der Waals surface area contributed by atoms with Gasteiger partial charge in [-0.25, -0.2) is 0 Å². The number of aryl methyl sites for hydroxylation is 1. The van der Waals surface area contributed by atoms with Crippen LogP contribution in [0.4, 0.5) is 0 Å². The standard InChI is InChI=1S/C20H20N2O5/c1-25-14-6-7-15-13(10-14)4-2-8-20(15,24)12-21-19(23)16-11-18(27-22-16)17-5-3-9-26-17/h3,5-7,9-11,24H,2,4,8,12H2,1H3,(H,21,23)/t20-/m1/s1. The van der Waals surface area contributed by atoms with Gasteiger partial charge in [-0.3, -0.25) is 4.79 Å². The number of benzene rings is 1. The molecule has 0 spiro atoms. The highest BCUT2D eigenvalue weighted by Crippen LogP contribution is 2.36. The minimum absolute atomic E-state index is 0.0914. The van der Waals surface area contributed by atoms with Crippen LogP contribution in [0.2, 0.25) is 0 Å². The van der Waals surface area contributed by atoms with Crippen molar-refractivity contribution in [3.05, 3.63) is 59.5 Å². The Morgan fingerprint density at radius 2 is 2.22 bits per heavy atom. The summed E-state index contributed by atoms with van der Waals surface area (Å²) in [5.74, 6) is 1.22. The number of aromatic nitrogens is 1. The molecule has 1 atom stereocenters. The van der Waals surface area contributed by atoms with E-state index >= 15 is 0 Å². The van der Waals surface area contributed by atoms with E-state index in [4.69, 9.17) is 13.7 Å². The molecule has 0 saturated carbocycles. The van der Waals surface area contributed by atoms with Crippen LogP contribution in [0.15, 0.2) is 51.6 Å². The average molecular weight is 368 g/mol. The number of hydrogen-bond acceptors (Lipinski definition) is 6. The molecule has 2 heterocycles. The average Bonchev–Trinajstić information content (AvgIpc) is 3.37. The zero-order valence-corrected chi connectivity index (χ0v) is 14.9. The Bertz CT molecular complexity index is 947. The van der Waals surface area contributed by atoms with E-state index < -0.39 is 11.5 Å². The first-order valence-corrected chi connectivity index (χ1v) is 8.78. The van der Waals surface area contributed by atoms with Gasteiger partial charge < -0.3 is 24.1 Å². The summed E-state index contributed by atoms with van der Waals surface area (Å²) in [6.45, 7) is 0.0914. The molecule has 1 aromatic carbocycles. The van der Waals surface area contributed by atoms with Crippen LogP contribution < -0.4 is 10.1 Å². The fourth-order valence-electron chi connectivity index (χ4n) is 3.48. The SMILES string of the molecule is COc1ccc2c(c1)CCC[C@@]2(O)CNC(=O)c1cc(-c2ccco2)on1. The van der Waals surface area contributed by atoms with Crippen LogP contribution in [0.25, 0.3) is 11.5 Å². The van der Waals surface area contributed by atoms with Crippen molar-refractivity contribution in [1.82, 2.24) is 10.5 Å². The first kappa shape index (κ1) is 17.4. The minimum atomic E-state index is -1.12. The van der Waals surface area contributed by atoms with Gasteiger partial charge in [0, 0.05) is 6.07 Å². The second-order valence-electron chi connectivity index (χ2n) is 6.64. The minimum Gasteiger partial charge on any atom is -0.497 e. The van der Waals surface area contributed by atoms with Gasteiger partial charge in [-0.15, -0.1) is 0 Å². The number of fused-ring (bicyclic) bond motifs is 1. The largest absolute Gasteiger partial charge is 0.497 e. The summed E-state index contributed by atoms with van der Waals surface area (Å²) in [5, 5.41) is 17.7. The van der Waals surface area contributed by atoms with E-state index in [0.29, 0.717) is 17.9 Å². The Kier molecular flexibility index (Phi) is 4.45. The van der Waals surface area contributed by atoms with Crippen LogP contribution in [-0.4, -0.2) is 29.8 Å². The fourth-order valence-corrected chi connectivity index (χ4v) is 3.48. The predicted octanol–water partition coefficient (Wildman–Crippen LogP) is 2.90. The summed E-state index contributed by atoms with van der Waals surface area (Å²) < 4.78 is 15.6. The lowest BCUT2D eigenvalue weighted by molar-refractivity contribution is 0.0188. The zero-order chi connectivity index (χ0) is 18.9. The number of carbonyl (C=O) groups excluding carboxylic acids is 1. The highest BCUT2D eigenvalue weighted by atomic mass is 16.5. The van der Waals surface area contributed by atoms with E-state index in [-0.39, 0.29) is 12.2 Å². The topological polar surface area (TPSA) is 97.7 Å². The first-order valence-electron chi connectivity index (χ1n) is 8.78. The predicted molar refractivity (Wildman–Crippen MR) is 96.4 cm³/mol. The maximum Gasteiger partial charge on any atom is 0.273 e. The quantitative estimate of drug-likeness (QED) is 0.719. The van der Waals surface area contributed by atoms with Crippen LogP contribution in [0, 0.1) is 0 Å². The highest BCUT2D eigenvalue weighted by molar-refractivity contribution is 5.93. The Morgan fingerprint density at radius 1 is 1.33 bits per heavy atom. The van der Waals surface area contributed by atoms with Crippen LogP contribution in [0.3, 0.4) is 0 Å². The maximum absolute atomic E-state index is 12.4. The number of carbonyl (C=O) groups is 1. The zero-order valence-electron chi connectivity index (χ0n) is 14.9. The van der Waals surface area contributed by atoms with Crippen molar-refractivity contribution in [2.45, 2.75) is 24.9 Å². The number of amides is 1. The lowest BCUT2D eigenvalue weighted by Gasteiger charge is -2.34. The van der Waals surface area contributed by atoms with Crippen LogP contribution in [-0.2, 0) is 12.0 Å². The van der Waals surface area contributed by atoms with Gasteiger partial charge in [0.25, 0.3) is 5.91 Å². The van der Waals surface area contributed by atoms with Crippen molar-refractivity contribution in [2.75, 3.05) is 13.7 Å². The number of methoxy groups -OCH3 is 1. The van der Waals surface area contributed by atoms with Gasteiger partial charge in [-0.05, 0) is 54.7 Å². The molecule has 0 radical (unpaired) electrons. The van der Waals surface area contributed by atoms with Gasteiger partial charge >= 0.3 is 0 Å². The molecule has 140 valence electrons. The van der Waals surface area contributed by atoms with Crippen molar-refractivity contribution in [3.8, 4) is 17.3 Å². The van der Waals surface area contributed by atoms with Crippen molar-refractivity contribution in [3.63, 3.8) is 0 Å². The number of rotatable bonds is 5. The summed E-state index contributed by atoms with van der Waals surface area (Å²) in [5.41, 5.74) is 0.879. The number of aliphatic hydroxyl groups is 1. The molecule has 0 saturated heterocycles. The molecule has 4 rings (SSSR count). The highest BCUT2D eigenvalue weighted by Gasteiger charge is 2.35. The van der Waals surface area contributed by atoms with E-state index in [1.165, 1.54) is 12.3 Å². The Morgan fingerprint density at radius 3 is 3.00 bits per heavy atom. The van der Waals surface area contributed by atoms with Gasteiger partial charge in [-0.1, -0.05) is 11.2 Å². The molecule has 0 fully saturated rings. The van der Waals surface area contributed by atoms with Gasteiger partial charge in [-0.2, -0.15) is 0 Å². The normalized spacial score (nSPS) is 18.7. The van der Waals surface area contributed by atoms with Gasteiger partial charge in [0.1, 0.15) is 11.4 Å². The molecule has 0 unspecified atom stereocenters. The number of ether oxygens (including phenoxy) is 1. The van der Waals surface area contributed by atoms with Gasteiger partial charge in [0.15, 0.2) is 11.5 Å². The smallest absolute Gasteiger partial charge is 0.273 e. The number of nitrogens with zero attached hydrogens (tertiary/aromatic N) is 1. The van der Waals surface area contributed by atoms with Gasteiger partial charge in [0.05, 0.1) is 19.9 Å². The Hall–Kier alpha value is -3.06. The number of nitrogens with one attached hydrogen (secondary N) is 1. The van der Waals surface area contributed by atoms with E-state index in [2.05, 4.69) is 10.5 Å². The molecule has 0 bridgehead atoms. The molecule has 27 heavy (non-hydrogen) atoms. The van der Waals surface area contributed by atoms with E-state index in [1.807, 2.05) is 18.2 Å². The summed E-state index contributed by atoms with van der Waals surface area (Å²) >= 11 is 0. The molecule has 0 aliphatic heterocycles. The second kappa shape index (κ2) is 6.92. The van der Waals surface area contributed by atoms with E-state index in [0.717, 1.165) is 29.7 Å². The lowest BCUT2D eigenvalue weighted by Crippen LogP contribution is -2.43. The third kappa shape index (κ3) is 3.33. The van der Waals surface area contributed by atoms with Crippen molar-refractivity contribution < 1.29 is 23.6 Å². The van der Waals surface area contributed by atoms with Crippen LogP contribution in [0.1, 0.15) is 34.5 Å². The summed E-state index contributed by atoms with van der Waals surface area (Å²) in [6.07, 6.45) is 3.80. The molecule has 7 heteroatoms. The summed E-state index contributed by atoms with van der Waals surface area (Å²) in [6, 6.07) is 10.6. The third-order valence-electron chi connectivity index (χ3n) is 4.90. The number of furan rings is 1. The molecule has 3 aromatic rings. The van der Waals surface area contributed by atoms with Crippen molar-refractivity contribution in [2.24, 2.45) is 0 Å². The lowest BCUT2D eigenvalue weighted by atomic mass is 9.79. The molecule has 1 aliphatic carbocycles. The monoisotopic (exact) mass is 368 g/mol. The Labute approximate surface area is 155 Å².